The highest BCUT2D eigenvalue weighted by Crippen LogP contribution is 2.55. The van der Waals surface area contributed by atoms with Crippen LogP contribution in [0.5, 0.6) is 5.75 Å². The van der Waals surface area contributed by atoms with E-state index in [-0.39, 0.29) is 24.5 Å². The molecular weight excluding hydrogens is 534 g/mol. The number of nitro benzene ring substituents is 1. The first kappa shape index (κ1) is 25.7. The van der Waals surface area contributed by atoms with Gasteiger partial charge in [0.1, 0.15) is 17.5 Å². The van der Waals surface area contributed by atoms with Crippen molar-refractivity contribution in [1.29, 1.82) is 0 Å². The van der Waals surface area contributed by atoms with Crippen molar-refractivity contribution in [2.45, 2.75) is 29.7 Å². The highest BCUT2D eigenvalue weighted by molar-refractivity contribution is 8.00. The molecule has 2 aromatic carbocycles. The molecule has 2 amide bonds. The molecule has 196 valence electrons. The van der Waals surface area contributed by atoms with Gasteiger partial charge in [0.15, 0.2) is 0 Å². The van der Waals surface area contributed by atoms with Crippen LogP contribution < -0.4 is 14.5 Å². The number of carbonyl (C=O) groups is 3. The fraction of sp³-hybridized carbons (Fsp3) is 0.280. The van der Waals surface area contributed by atoms with Crippen LogP contribution in [-0.2, 0) is 25.7 Å². The Bertz CT molecular complexity index is 1510. The van der Waals surface area contributed by atoms with E-state index in [4.69, 9.17) is 9.47 Å². The summed E-state index contributed by atoms with van der Waals surface area (Å²) in [7, 11) is 1.49. The van der Waals surface area contributed by atoms with Crippen LogP contribution in [0.1, 0.15) is 23.3 Å². The van der Waals surface area contributed by atoms with Crippen LogP contribution in [0.4, 0.5) is 11.4 Å². The van der Waals surface area contributed by atoms with E-state index in [0.717, 1.165) is 28.0 Å². The van der Waals surface area contributed by atoms with Gasteiger partial charge in [-0.25, -0.2) is 4.90 Å². The minimum absolute atomic E-state index is 0.152. The fourth-order valence-electron chi connectivity index (χ4n) is 4.83. The Morgan fingerprint density at radius 2 is 1.79 bits per heavy atom. The number of imide groups is 1. The van der Waals surface area contributed by atoms with E-state index in [1.807, 2.05) is 0 Å². The van der Waals surface area contributed by atoms with Crippen molar-refractivity contribution < 1.29 is 28.8 Å². The van der Waals surface area contributed by atoms with Crippen LogP contribution in [0.25, 0.3) is 0 Å². The van der Waals surface area contributed by atoms with Crippen LogP contribution in [-0.4, -0.2) is 46.2 Å². The first-order valence-corrected chi connectivity index (χ1v) is 13.3. The van der Waals surface area contributed by atoms with Gasteiger partial charge in [-0.15, -0.1) is 0 Å². The predicted molar refractivity (Wildman–Crippen MR) is 139 cm³/mol. The van der Waals surface area contributed by atoms with Crippen molar-refractivity contribution in [2.24, 2.45) is 5.92 Å². The molecule has 5 rings (SSSR count). The van der Waals surface area contributed by atoms with Gasteiger partial charge in [-0.1, -0.05) is 41.3 Å². The maximum Gasteiger partial charge on any atom is 0.326 e. The number of thiazole rings is 1. The number of carbonyl (C=O) groups excluding carboxylic acids is 3. The largest absolute Gasteiger partial charge is 0.496 e. The number of nitro groups is 1. The number of para-hydroxylation sites is 1. The van der Waals surface area contributed by atoms with E-state index in [9.17, 15) is 29.3 Å². The third-order valence-electron chi connectivity index (χ3n) is 6.43. The number of esters is 1. The Kier molecular flexibility index (Phi) is 6.80. The van der Waals surface area contributed by atoms with E-state index in [1.165, 1.54) is 35.9 Å². The average molecular weight is 556 g/mol. The van der Waals surface area contributed by atoms with Crippen molar-refractivity contribution in [2.75, 3.05) is 18.6 Å². The van der Waals surface area contributed by atoms with Gasteiger partial charge in [0, 0.05) is 28.5 Å². The third kappa shape index (κ3) is 4.17. The number of benzene rings is 2. The summed E-state index contributed by atoms with van der Waals surface area (Å²) < 4.78 is 11.9. The Balaban J connectivity index is 1.65. The monoisotopic (exact) mass is 555 g/mol. The number of ether oxygens (including phenoxy) is 2. The summed E-state index contributed by atoms with van der Waals surface area (Å²) in [6, 6.07) is 12.3. The second-order valence-corrected chi connectivity index (χ2v) is 10.6. The number of aromatic nitrogens is 1. The highest BCUT2D eigenvalue weighted by Gasteiger charge is 2.57. The van der Waals surface area contributed by atoms with Crippen LogP contribution in [0.15, 0.2) is 58.4 Å². The van der Waals surface area contributed by atoms with Crippen LogP contribution in [0, 0.1) is 16.0 Å². The first-order chi connectivity index (χ1) is 18.3. The van der Waals surface area contributed by atoms with Crippen molar-refractivity contribution in [1.82, 2.24) is 4.57 Å². The summed E-state index contributed by atoms with van der Waals surface area (Å²) in [4.78, 5) is 64.6. The lowest BCUT2D eigenvalue weighted by Gasteiger charge is -2.31. The number of thioether (sulfide) groups is 1. The lowest BCUT2D eigenvalue weighted by molar-refractivity contribution is -0.384. The molecule has 1 fully saturated rings. The van der Waals surface area contributed by atoms with Gasteiger partial charge in [0.25, 0.3) is 5.69 Å². The molecule has 3 aromatic rings. The van der Waals surface area contributed by atoms with Crippen molar-refractivity contribution in [3.8, 4) is 5.75 Å². The second-order valence-electron chi connectivity index (χ2n) is 8.50. The molecule has 0 spiro atoms. The minimum Gasteiger partial charge on any atom is -0.496 e. The van der Waals surface area contributed by atoms with Gasteiger partial charge >= 0.3 is 10.8 Å². The Morgan fingerprint density at radius 3 is 2.45 bits per heavy atom. The zero-order chi connectivity index (χ0) is 27.1. The predicted octanol–water partition coefficient (Wildman–Crippen LogP) is 3.19. The molecule has 0 aliphatic carbocycles. The number of fused-ring (bicyclic) bond motifs is 2. The highest BCUT2D eigenvalue weighted by atomic mass is 32.2. The Morgan fingerprint density at radius 1 is 1.08 bits per heavy atom. The molecule has 0 bridgehead atoms. The SMILES string of the molecule is CCOC(=O)Cn1c2c(sc1=O)[C@H](c1ccccc1OC)C1C(=O)N(c3ccc([N+](=O)[O-])cc3)C(=O)C1S2. The quantitative estimate of drug-likeness (QED) is 0.186. The molecule has 0 N–H and O–H groups in total. The van der Waals surface area contributed by atoms with Gasteiger partial charge in [-0.05, 0) is 25.1 Å². The van der Waals surface area contributed by atoms with Crippen LogP contribution in [0.3, 0.4) is 0 Å². The summed E-state index contributed by atoms with van der Waals surface area (Å²) in [6.07, 6.45) is 0. The summed E-state index contributed by atoms with van der Waals surface area (Å²) >= 11 is 1.99. The maximum atomic E-state index is 13.9. The minimum atomic E-state index is -0.900. The Labute approximate surface area is 224 Å². The molecule has 0 saturated carbocycles. The smallest absolute Gasteiger partial charge is 0.326 e. The van der Waals surface area contributed by atoms with E-state index in [0.29, 0.717) is 21.2 Å². The number of anilines is 1. The lowest BCUT2D eigenvalue weighted by atomic mass is 9.82. The zero-order valence-corrected chi connectivity index (χ0v) is 21.8. The molecule has 11 nitrogen and oxygen atoms in total. The summed E-state index contributed by atoms with van der Waals surface area (Å²) in [6.45, 7) is 1.49. The number of rotatable bonds is 7. The molecule has 38 heavy (non-hydrogen) atoms. The van der Waals surface area contributed by atoms with Crippen LogP contribution in [0.2, 0.25) is 0 Å². The lowest BCUT2D eigenvalue weighted by Crippen LogP contribution is -2.33. The number of hydrogen-bond donors (Lipinski definition) is 0. The van der Waals surface area contributed by atoms with Crippen molar-refractivity contribution in [3.05, 3.63) is 78.8 Å². The van der Waals surface area contributed by atoms with Crippen molar-refractivity contribution >= 4 is 52.3 Å². The molecule has 0 radical (unpaired) electrons. The molecule has 3 heterocycles. The summed E-state index contributed by atoms with van der Waals surface area (Å²) in [5.74, 6) is -2.67. The second kappa shape index (κ2) is 10.1. The first-order valence-electron chi connectivity index (χ1n) is 11.6. The molecule has 13 heteroatoms. The molecular formula is C25H21N3O8S2. The Hall–Kier alpha value is -3.97. The standard InChI is InChI=1S/C25H21N3O8S2/c1-3-36-17(29)12-26-24-21(38-25(26)32)18(15-6-4-5-7-16(15)35-2)19-20(37-24)23(31)27(22(19)30)13-8-10-14(11-9-13)28(33)34/h4-11,18-20H,3,12H2,1-2H3/t18-,19?,20?/m1/s1. The average Bonchev–Trinajstić information content (AvgIpc) is 3.35. The summed E-state index contributed by atoms with van der Waals surface area (Å²) in [5, 5.41) is 10.6. The van der Waals surface area contributed by atoms with E-state index < -0.39 is 44.7 Å². The topological polar surface area (TPSA) is 138 Å². The normalized spacial score (nSPS) is 20.2. The molecule has 3 atom stereocenters. The van der Waals surface area contributed by atoms with Gasteiger partial charge in [-0.3, -0.25) is 33.9 Å². The molecule has 1 aromatic heterocycles. The van der Waals surface area contributed by atoms with E-state index in [2.05, 4.69) is 0 Å². The van der Waals surface area contributed by atoms with Crippen molar-refractivity contribution in [3.63, 3.8) is 0 Å². The fourth-order valence-corrected chi connectivity index (χ4v) is 7.59. The van der Waals surface area contributed by atoms with Gasteiger partial charge in [0.05, 0.1) is 35.3 Å². The zero-order valence-electron chi connectivity index (χ0n) is 20.2. The summed E-state index contributed by atoms with van der Waals surface area (Å²) in [5.41, 5.74) is 0.672. The molecule has 2 aliphatic rings. The number of non-ortho nitro benzene ring substituents is 1. The third-order valence-corrected chi connectivity index (χ3v) is 9.04. The van der Waals surface area contributed by atoms with Gasteiger partial charge in [-0.2, -0.15) is 0 Å². The number of amides is 2. The van der Waals surface area contributed by atoms with E-state index >= 15 is 0 Å². The number of methoxy groups -OCH3 is 1. The maximum absolute atomic E-state index is 13.9. The van der Waals surface area contributed by atoms with E-state index in [1.54, 1.807) is 31.2 Å². The number of nitrogens with zero attached hydrogens (tertiary/aromatic N) is 3. The molecule has 2 aliphatic heterocycles. The van der Waals surface area contributed by atoms with Gasteiger partial charge < -0.3 is 9.47 Å². The van der Waals surface area contributed by atoms with Crippen LogP contribution >= 0.6 is 23.1 Å². The number of hydrogen-bond acceptors (Lipinski definition) is 10. The molecule has 2 unspecified atom stereocenters. The molecule has 1 saturated heterocycles. The van der Waals surface area contributed by atoms with Gasteiger partial charge in [0.2, 0.25) is 11.8 Å².